The standard InChI is InChI=1S/C17H21BrN2O/c1-3-11-21-16-10-6-9-15(17(16)19)20(2)12-13-7-4-5-8-14(13)18/h4-10H,3,11-12,19H2,1-2H3. The van der Waals surface area contributed by atoms with Crippen molar-refractivity contribution in [3.05, 3.63) is 52.5 Å². The molecular weight excluding hydrogens is 328 g/mol. The summed E-state index contributed by atoms with van der Waals surface area (Å²) in [7, 11) is 2.04. The van der Waals surface area contributed by atoms with E-state index in [0.29, 0.717) is 12.3 Å². The van der Waals surface area contributed by atoms with Crippen LogP contribution in [0.1, 0.15) is 18.9 Å². The number of hydrogen-bond donors (Lipinski definition) is 1. The Balaban J connectivity index is 2.19. The lowest BCUT2D eigenvalue weighted by atomic mass is 10.2. The van der Waals surface area contributed by atoms with Crippen LogP contribution in [-0.4, -0.2) is 13.7 Å². The fraction of sp³-hybridized carbons (Fsp3) is 0.294. The molecule has 0 unspecified atom stereocenters. The van der Waals surface area contributed by atoms with E-state index in [2.05, 4.69) is 33.8 Å². The molecule has 0 aliphatic carbocycles. The van der Waals surface area contributed by atoms with Gasteiger partial charge >= 0.3 is 0 Å². The zero-order valence-electron chi connectivity index (χ0n) is 12.5. The van der Waals surface area contributed by atoms with Gasteiger partial charge in [-0.15, -0.1) is 0 Å². The van der Waals surface area contributed by atoms with E-state index >= 15 is 0 Å². The zero-order valence-corrected chi connectivity index (χ0v) is 14.1. The monoisotopic (exact) mass is 348 g/mol. The van der Waals surface area contributed by atoms with Crippen LogP contribution < -0.4 is 15.4 Å². The molecule has 0 saturated heterocycles. The summed E-state index contributed by atoms with van der Waals surface area (Å²) in [5.41, 5.74) is 9.14. The average Bonchev–Trinajstić information content (AvgIpc) is 2.48. The van der Waals surface area contributed by atoms with Crippen LogP contribution in [0.15, 0.2) is 46.9 Å². The number of halogens is 1. The first-order valence-electron chi connectivity index (χ1n) is 7.09. The Morgan fingerprint density at radius 2 is 1.90 bits per heavy atom. The lowest BCUT2D eigenvalue weighted by Gasteiger charge is -2.23. The molecule has 4 heteroatoms. The number of hydrogen-bond acceptors (Lipinski definition) is 3. The van der Waals surface area contributed by atoms with Gasteiger partial charge in [0.15, 0.2) is 0 Å². The molecule has 0 aliphatic heterocycles. The summed E-state index contributed by atoms with van der Waals surface area (Å²) in [5, 5.41) is 0. The quantitative estimate of drug-likeness (QED) is 0.783. The molecule has 0 atom stereocenters. The van der Waals surface area contributed by atoms with Crippen molar-refractivity contribution in [3.8, 4) is 5.75 Å². The minimum absolute atomic E-state index is 0.682. The maximum absolute atomic E-state index is 6.24. The summed E-state index contributed by atoms with van der Waals surface area (Å²) in [5.74, 6) is 0.758. The first-order chi connectivity index (χ1) is 10.1. The molecule has 2 rings (SSSR count). The molecule has 0 radical (unpaired) electrons. The van der Waals surface area contributed by atoms with Gasteiger partial charge in [0.05, 0.1) is 18.0 Å². The molecule has 0 aliphatic rings. The maximum Gasteiger partial charge on any atom is 0.144 e. The molecule has 21 heavy (non-hydrogen) atoms. The van der Waals surface area contributed by atoms with Gasteiger partial charge in [-0.3, -0.25) is 0 Å². The van der Waals surface area contributed by atoms with Crippen LogP contribution in [0.25, 0.3) is 0 Å². The molecule has 112 valence electrons. The van der Waals surface area contributed by atoms with Crippen molar-refractivity contribution in [3.63, 3.8) is 0 Å². The average molecular weight is 349 g/mol. The number of anilines is 2. The number of nitrogens with two attached hydrogens (primary N) is 1. The van der Waals surface area contributed by atoms with Crippen molar-refractivity contribution in [1.82, 2.24) is 0 Å². The summed E-state index contributed by atoms with van der Waals surface area (Å²) in [6.45, 7) is 3.55. The fourth-order valence-corrected chi connectivity index (χ4v) is 2.58. The lowest BCUT2D eigenvalue weighted by molar-refractivity contribution is 0.319. The molecule has 2 N–H and O–H groups in total. The van der Waals surface area contributed by atoms with Crippen molar-refractivity contribution in [1.29, 1.82) is 0 Å². The van der Waals surface area contributed by atoms with Crippen LogP contribution in [0, 0.1) is 0 Å². The minimum Gasteiger partial charge on any atom is -0.491 e. The first kappa shape index (κ1) is 15.7. The first-order valence-corrected chi connectivity index (χ1v) is 7.88. The predicted molar refractivity (Wildman–Crippen MR) is 92.9 cm³/mol. The third-order valence-corrected chi connectivity index (χ3v) is 4.06. The van der Waals surface area contributed by atoms with E-state index in [4.69, 9.17) is 10.5 Å². The number of rotatable bonds is 6. The lowest BCUT2D eigenvalue weighted by Crippen LogP contribution is -2.18. The summed E-state index contributed by atoms with van der Waals surface area (Å²) in [6.07, 6.45) is 0.969. The molecule has 0 fully saturated rings. The highest BCUT2D eigenvalue weighted by Gasteiger charge is 2.11. The minimum atomic E-state index is 0.682. The highest BCUT2D eigenvalue weighted by molar-refractivity contribution is 9.10. The zero-order chi connectivity index (χ0) is 15.2. The normalized spacial score (nSPS) is 10.4. The van der Waals surface area contributed by atoms with Crippen LogP contribution in [-0.2, 0) is 6.54 Å². The summed E-state index contributed by atoms with van der Waals surface area (Å²) < 4.78 is 6.80. The second-order valence-corrected chi connectivity index (χ2v) is 5.84. The van der Waals surface area contributed by atoms with Gasteiger partial charge in [-0.25, -0.2) is 0 Å². The highest BCUT2D eigenvalue weighted by atomic mass is 79.9. The fourth-order valence-electron chi connectivity index (χ4n) is 2.17. The van der Waals surface area contributed by atoms with Gasteiger partial charge in [-0.2, -0.15) is 0 Å². The molecule has 3 nitrogen and oxygen atoms in total. The summed E-state index contributed by atoms with van der Waals surface area (Å²) >= 11 is 3.58. The molecule has 0 aromatic heterocycles. The Hall–Kier alpha value is -1.68. The van der Waals surface area contributed by atoms with Crippen molar-refractivity contribution in [2.45, 2.75) is 19.9 Å². The second kappa shape index (κ2) is 7.36. The number of ether oxygens (including phenoxy) is 1. The van der Waals surface area contributed by atoms with Crippen molar-refractivity contribution in [2.24, 2.45) is 0 Å². The van der Waals surface area contributed by atoms with Gasteiger partial charge in [0, 0.05) is 18.1 Å². The van der Waals surface area contributed by atoms with Crippen LogP contribution in [0.4, 0.5) is 11.4 Å². The van der Waals surface area contributed by atoms with Gasteiger partial charge in [0.25, 0.3) is 0 Å². The molecule has 0 amide bonds. The van der Waals surface area contributed by atoms with Crippen molar-refractivity contribution >= 4 is 27.3 Å². The second-order valence-electron chi connectivity index (χ2n) is 4.98. The number of nitrogen functional groups attached to an aromatic ring is 1. The Kier molecular flexibility index (Phi) is 5.51. The Morgan fingerprint density at radius 3 is 2.62 bits per heavy atom. The van der Waals surface area contributed by atoms with E-state index in [0.717, 1.165) is 28.9 Å². The van der Waals surface area contributed by atoms with E-state index in [1.807, 2.05) is 43.4 Å². The van der Waals surface area contributed by atoms with E-state index in [1.165, 1.54) is 5.56 Å². The predicted octanol–water partition coefficient (Wildman–Crippen LogP) is 4.46. The van der Waals surface area contributed by atoms with Gasteiger partial charge in [-0.1, -0.05) is 47.1 Å². The Labute approximate surface area is 134 Å². The smallest absolute Gasteiger partial charge is 0.144 e. The molecular formula is C17H21BrN2O. The Bertz CT molecular complexity index is 601. The largest absolute Gasteiger partial charge is 0.491 e. The van der Waals surface area contributed by atoms with E-state index < -0.39 is 0 Å². The number of benzene rings is 2. The van der Waals surface area contributed by atoms with E-state index in [9.17, 15) is 0 Å². The molecule has 0 heterocycles. The highest BCUT2D eigenvalue weighted by Crippen LogP contribution is 2.33. The molecule has 2 aromatic carbocycles. The number of nitrogens with zero attached hydrogens (tertiary/aromatic N) is 1. The van der Waals surface area contributed by atoms with Crippen LogP contribution >= 0.6 is 15.9 Å². The topological polar surface area (TPSA) is 38.5 Å². The summed E-state index contributed by atoms with van der Waals surface area (Å²) in [4.78, 5) is 2.13. The summed E-state index contributed by atoms with van der Waals surface area (Å²) in [6, 6.07) is 14.1. The third-order valence-electron chi connectivity index (χ3n) is 3.28. The van der Waals surface area contributed by atoms with Crippen molar-refractivity contribution < 1.29 is 4.74 Å². The van der Waals surface area contributed by atoms with E-state index in [-0.39, 0.29) is 0 Å². The molecule has 0 bridgehead atoms. The van der Waals surface area contributed by atoms with Crippen LogP contribution in [0.2, 0.25) is 0 Å². The van der Waals surface area contributed by atoms with Crippen molar-refractivity contribution in [2.75, 3.05) is 24.3 Å². The third kappa shape index (κ3) is 3.91. The van der Waals surface area contributed by atoms with Gasteiger partial charge in [0.2, 0.25) is 0 Å². The SMILES string of the molecule is CCCOc1cccc(N(C)Cc2ccccc2Br)c1N. The number of para-hydroxylation sites is 1. The van der Waals surface area contributed by atoms with Crippen LogP contribution in [0.5, 0.6) is 5.75 Å². The van der Waals surface area contributed by atoms with Gasteiger partial charge in [-0.05, 0) is 30.2 Å². The van der Waals surface area contributed by atoms with E-state index in [1.54, 1.807) is 0 Å². The Morgan fingerprint density at radius 1 is 1.14 bits per heavy atom. The molecule has 0 spiro atoms. The van der Waals surface area contributed by atoms with Gasteiger partial charge in [0.1, 0.15) is 5.75 Å². The molecule has 2 aromatic rings. The maximum atomic E-state index is 6.24. The molecule has 0 saturated carbocycles. The van der Waals surface area contributed by atoms with Gasteiger partial charge < -0.3 is 15.4 Å². The van der Waals surface area contributed by atoms with Crippen LogP contribution in [0.3, 0.4) is 0 Å².